The Bertz CT molecular complexity index is 367. The van der Waals surface area contributed by atoms with Gasteiger partial charge < -0.3 is 33.1 Å². The van der Waals surface area contributed by atoms with Crippen molar-refractivity contribution >= 4 is 11.9 Å². The van der Waals surface area contributed by atoms with Crippen LogP contribution in [0.1, 0.15) is 25.7 Å². The predicted molar refractivity (Wildman–Crippen MR) is 77.7 cm³/mol. The van der Waals surface area contributed by atoms with Crippen LogP contribution in [0.15, 0.2) is 0 Å². The number of halogens is 4. The molecular weight excluding hydrogens is 340 g/mol. The van der Waals surface area contributed by atoms with Gasteiger partial charge in [-0.3, -0.25) is 0 Å². The first-order chi connectivity index (χ1) is 10.9. The number of carbonyl (C=O) groups is 2. The van der Waals surface area contributed by atoms with Crippen LogP contribution < -0.4 is 22.9 Å². The molecule has 24 heavy (non-hydrogen) atoms. The fourth-order valence-corrected chi connectivity index (χ4v) is 1.41. The molecule has 0 bridgehead atoms. The van der Waals surface area contributed by atoms with Crippen LogP contribution in [0.5, 0.6) is 0 Å². The van der Waals surface area contributed by atoms with Crippen molar-refractivity contribution in [3.63, 3.8) is 0 Å². The number of carboxylic acids is 2. The van der Waals surface area contributed by atoms with Gasteiger partial charge in [0, 0.05) is 0 Å². The van der Waals surface area contributed by atoms with Crippen molar-refractivity contribution < 1.29 is 37.4 Å². The van der Waals surface area contributed by atoms with Crippen molar-refractivity contribution in [2.75, 3.05) is 13.1 Å². The SMILES string of the molecule is NCCCC(N)(C(=O)O)C(F)F.NCCC[C@](N)(C(=O)O)C(F)F. The summed E-state index contributed by atoms with van der Waals surface area (Å²) in [5, 5.41) is 16.8. The number of rotatable bonds is 10. The minimum atomic E-state index is -3.07. The molecule has 0 rings (SSSR count). The number of hydrogen-bond donors (Lipinski definition) is 6. The first-order valence-electron chi connectivity index (χ1n) is 6.91. The Labute approximate surface area is 136 Å². The molecule has 0 saturated carbocycles. The zero-order valence-electron chi connectivity index (χ0n) is 12.9. The summed E-state index contributed by atoms with van der Waals surface area (Å²) < 4.78 is 48.4. The van der Waals surface area contributed by atoms with Gasteiger partial charge in [-0.1, -0.05) is 0 Å². The van der Waals surface area contributed by atoms with Gasteiger partial charge in [-0.2, -0.15) is 0 Å². The molecule has 10 N–H and O–H groups in total. The molecule has 2 atom stereocenters. The highest BCUT2D eigenvalue weighted by Crippen LogP contribution is 2.19. The lowest BCUT2D eigenvalue weighted by Gasteiger charge is -2.22. The molecule has 0 amide bonds. The Balaban J connectivity index is 0. The maximum atomic E-state index is 12.1. The van der Waals surface area contributed by atoms with Crippen LogP contribution in [0, 0.1) is 0 Å². The highest BCUT2D eigenvalue weighted by Gasteiger charge is 2.43. The second kappa shape index (κ2) is 11.1. The molecule has 0 saturated heterocycles. The van der Waals surface area contributed by atoms with Crippen LogP contribution in [0.3, 0.4) is 0 Å². The third-order valence-corrected chi connectivity index (χ3v) is 3.16. The van der Waals surface area contributed by atoms with Gasteiger partial charge in [-0.15, -0.1) is 0 Å². The molecule has 144 valence electrons. The van der Waals surface area contributed by atoms with E-state index in [1.54, 1.807) is 0 Å². The van der Waals surface area contributed by atoms with Gasteiger partial charge in [-0.05, 0) is 38.8 Å². The minimum Gasteiger partial charge on any atom is -0.480 e. The van der Waals surface area contributed by atoms with E-state index in [0.29, 0.717) is 0 Å². The number of carboxylic acid groups (broad SMARTS) is 2. The van der Waals surface area contributed by atoms with E-state index in [4.69, 9.17) is 33.1 Å². The summed E-state index contributed by atoms with van der Waals surface area (Å²) in [6.07, 6.45) is -6.41. The summed E-state index contributed by atoms with van der Waals surface area (Å²) in [5.74, 6) is -3.38. The molecule has 0 aromatic carbocycles. The van der Waals surface area contributed by atoms with Gasteiger partial charge >= 0.3 is 11.9 Å². The molecule has 0 aliphatic rings. The zero-order valence-corrected chi connectivity index (χ0v) is 12.9. The lowest BCUT2D eigenvalue weighted by molar-refractivity contribution is -0.151. The molecule has 0 radical (unpaired) electrons. The summed E-state index contributed by atoms with van der Waals surface area (Å²) in [7, 11) is 0. The summed E-state index contributed by atoms with van der Waals surface area (Å²) in [6.45, 7) is 0.303. The second-order valence-corrected chi connectivity index (χ2v) is 5.08. The monoisotopic (exact) mass is 364 g/mol. The van der Waals surface area contributed by atoms with Crippen molar-refractivity contribution in [1.29, 1.82) is 0 Å². The van der Waals surface area contributed by atoms with E-state index in [-0.39, 0.29) is 38.8 Å². The van der Waals surface area contributed by atoms with Gasteiger partial charge in [0.1, 0.15) is 0 Å². The summed E-state index contributed by atoms with van der Waals surface area (Å²) in [6, 6.07) is 0. The molecule has 0 fully saturated rings. The fourth-order valence-electron chi connectivity index (χ4n) is 1.41. The van der Waals surface area contributed by atoms with Crippen molar-refractivity contribution in [2.24, 2.45) is 22.9 Å². The van der Waals surface area contributed by atoms with E-state index < -0.39 is 35.9 Å². The maximum Gasteiger partial charge on any atom is 0.329 e. The third kappa shape index (κ3) is 7.38. The largest absolute Gasteiger partial charge is 0.480 e. The highest BCUT2D eigenvalue weighted by molar-refractivity contribution is 5.79. The maximum absolute atomic E-state index is 12.1. The topological polar surface area (TPSA) is 179 Å². The van der Waals surface area contributed by atoms with Crippen LogP contribution in [-0.2, 0) is 9.59 Å². The lowest BCUT2D eigenvalue weighted by atomic mass is 9.95. The van der Waals surface area contributed by atoms with Crippen LogP contribution >= 0.6 is 0 Å². The molecule has 0 aromatic heterocycles. The summed E-state index contributed by atoms with van der Waals surface area (Å²) >= 11 is 0. The van der Waals surface area contributed by atoms with Gasteiger partial charge in [0.05, 0.1) is 0 Å². The first kappa shape index (κ1) is 24.7. The number of alkyl halides is 4. The van der Waals surface area contributed by atoms with Gasteiger partial charge in [0.15, 0.2) is 11.1 Å². The smallest absolute Gasteiger partial charge is 0.329 e. The predicted octanol–water partition coefficient (Wildman–Crippen LogP) is -0.455. The number of hydrogen-bond acceptors (Lipinski definition) is 6. The molecular formula is C12H24F4N4O4. The normalized spacial score (nSPS) is 16.1. The average molecular weight is 364 g/mol. The first-order valence-corrected chi connectivity index (χ1v) is 6.91. The van der Waals surface area contributed by atoms with Crippen molar-refractivity contribution in [2.45, 2.75) is 49.6 Å². The standard InChI is InChI=1S/2C6H12F2N2O2/c2*7-4(8)6(10,5(11)12)2-1-3-9/h2*4H,1-3,9-10H2,(H,11,12)/t6-;/m1./s1. The highest BCUT2D eigenvalue weighted by atomic mass is 19.3. The van der Waals surface area contributed by atoms with Gasteiger partial charge in [0.25, 0.3) is 12.9 Å². The molecule has 0 spiro atoms. The molecule has 8 nitrogen and oxygen atoms in total. The fraction of sp³-hybridized carbons (Fsp3) is 0.833. The molecule has 1 unspecified atom stereocenters. The Morgan fingerprint density at radius 1 is 0.792 bits per heavy atom. The van der Waals surface area contributed by atoms with E-state index in [0.717, 1.165) is 0 Å². The van der Waals surface area contributed by atoms with E-state index in [1.165, 1.54) is 0 Å². The molecule has 0 heterocycles. The quantitative estimate of drug-likeness (QED) is 0.282. The molecule has 0 aliphatic carbocycles. The second-order valence-electron chi connectivity index (χ2n) is 5.08. The van der Waals surface area contributed by atoms with Crippen molar-refractivity contribution in [3.05, 3.63) is 0 Å². The molecule has 0 aliphatic heterocycles. The number of aliphatic carboxylic acids is 2. The Hall–Kier alpha value is -1.50. The summed E-state index contributed by atoms with van der Waals surface area (Å²) in [5.41, 5.74) is 15.1. The Kier molecular flexibility index (Phi) is 11.5. The van der Waals surface area contributed by atoms with Crippen LogP contribution in [0.2, 0.25) is 0 Å². The van der Waals surface area contributed by atoms with E-state index in [2.05, 4.69) is 0 Å². The molecule has 12 heteroatoms. The minimum absolute atomic E-state index is 0.152. The van der Waals surface area contributed by atoms with Crippen molar-refractivity contribution in [1.82, 2.24) is 0 Å². The van der Waals surface area contributed by atoms with Crippen LogP contribution in [0.4, 0.5) is 17.6 Å². The van der Waals surface area contributed by atoms with Crippen LogP contribution in [0.25, 0.3) is 0 Å². The van der Waals surface area contributed by atoms with Gasteiger partial charge in [-0.25, -0.2) is 27.2 Å². The Morgan fingerprint density at radius 3 is 1.17 bits per heavy atom. The zero-order chi connectivity index (χ0) is 19.6. The molecule has 0 aromatic rings. The Morgan fingerprint density at radius 2 is 1.04 bits per heavy atom. The van der Waals surface area contributed by atoms with E-state index >= 15 is 0 Å². The lowest BCUT2D eigenvalue weighted by Crippen LogP contribution is -2.54. The summed E-state index contributed by atoms with van der Waals surface area (Å²) in [4.78, 5) is 20.6. The van der Waals surface area contributed by atoms with Gasteiger partial charge in [0.2, 0.25) is 0 Å². The number of nitrogens with two attached hydrogens (primary N) is 4. The van der Waals surface area contributed by atoms with E-state index in [9.17, 15) is 27.2 Å². The average Bonchev–Trinajstić information content (AvgIpc) is 2.49. The van der Waals surface area contributed by atoms with Crippen molar-refractivity contribution in [3.8, 4) is 0 Å². The third-order valence-electron chi connectivity index (χ3n) is 3.16. The van der Waals surface area contributed by atoms with E-state index in [1.807, 2.05) is 0 Å². The van der Waals surface area contributed by atoms with Crippen LogP contribution in [-0.4, -0.2) is 59.2 Å².